The van der Waals surface area contributed by atoms with Gasteiger partial charge in [-0.1, -0.05) is 78.9 Å². The standard InChI is InChI=1S/C24H24O2/c1-2-23(25-18-21-9-5-3-6-10-21)17-20-13-15-24(16-14-20)26-19-22-11-7-4-8-12-22/h2-16,23H,1,17-19H2/t23-/m1/s1. The van der Waals surface area contributed by atoms with Crippen molar-refractivity contribution in [2.75, 3.05) is 0 Å². The summed E-state index contributed by atoms with van der Waals surface area (Å²) < 4.78 is 11.8. The van der Waals surface area contributed by atoms with Gasteiger partial charge in [-0.25, -0.2) is 0 Å². The molecule has 3 aromatic rings. The molecular weight excluding hydrogens is 320 g/mol. The number of benzene rings is 3. The Morgan fingerprint density at radius 1 is 0.692 bits per heavy atom. The summed E-state index contributed by atoms with van der Waals surface area (Å²) in [7, 11) is 0. The van der Waals surface area contributed by atoms with E-state index >= 15 is 0 Å². The van der Waals surface area contributed by atoms with Crippen LogP contribution in [0.2, 0.25) is 0 Å². The molecule has 0 aliphatic heterocycles. The Morgan fingerprint density at radius 3 is 1.85 bits per heavy atom. The van der Waals surface area contributed by atoms with E-state index in [0.29, 0.717) is 13.2 Å². The molecule has 0 spiro atoms. The topological polar surface area (TPSA) is 18.5 Å². The molecule has 0 heterocycles. The Morgan fingerprint density at radius 2 is 1.27 bits per heavy atom. The van der Waals surface area contributed by atoms with Gasteiger partial charge in [0.25, 0.3) is 0 Å². The fourth-order valence-electron chi connectivity index (χ4n) is 2.68. The molecule has 1 atom stereocenters. The Bertz CT molecular complexity index is 779. The summed E-state index contributed by atoms with van der Waals surface area (Å²) in [6.07, 6.45) is 2.66. The van der Waals surface area contributed by atoms with Gasteiger partial charge in [0.2, 0.25) is 0 Å². The molecule has 0 fully saturated rings. The molecule has 2 nitrogen and oxygen atoms in total. The minimum atomic E-state index is -0.00806. The highest BCUT2D eigenvalue weighted by Gasteiger charge is 2.07. The summed E-state index contributed by atoms with van der Waals surface area (Å²) in [6, 6.07) is 28.6. The van der Waals surface area contributed by atoms with E-state index in [1.807, 2.05) is 54.6 Å². The fraction of sp³-hybridized carbons (Fsp3) is 0.167. The van der Waals surface area contributed by atoms with E-state index in [0.717, 1.165) is 17.7 Å². The second kappa shape index (κ2) is 9.59. The summed E-state index contributed by atoms with van der Waals surface area (Å²) in [5.74, 6) is 0.873. The molecule has 0 saturated carbocycles. The first-order valence-corrected chi connectivity index (χ1v) is 8.87. The van der Waals surface area contributed by atoms with E-state index < -0.39 is 0 Å². The van der Waals surface area contributed by atoms with Crippen molar-refractivity contribution in [3.63, 3.8) is 0 Å². The maximum atomic E-state index is 5.97. The van der Waals surface area contributed by atoms with Crippen molar-refractivity contribution in [1.29, 1.82) is 0 Å². The van der Waals surface area contributed by atoms with Crippen LogP contribution >= 0.6 is 0 Å². The van der Waals surface area contributed by atoms with E-state index in [9.17, 15) is 0 Å². The van der Waals surface area contributed by atoms with E-state index in [1.54, 1.807) is 0 Å². The van der Waals surface area contributed by atoms with E-state index in [-0.39, 0.29) is 6.10 Å². The molecule has 0 aliphatic rings. The summed E-state index contributed by atoms with van der Waals surface area (Å²) >= 11 is 0. The molecule has 0 saturated heterocycles. The van der Waals surface area contributed by atoms with Crippen molar-refractivity contribution < 1.29 is 9.47 Å². The van der Waals surface area contributed by atoms with Crippen LogP contribution in [0.25, 0.3) is 0 Å². The molecule has 2 heteroatoms. The second-order valence-electron chi connectivity index (χ2n) is 6.19. The quantitative estimate of drug-likeness (QED) is 0.472. The average molecular weight is 344 g/mol. The Kier molecular flexibility index (Phi) is 6.63. The first-order chi connectivity index (χ1) is 12.8. The SMILES string of the molecule is C=C[C@H](Cc1ccc(OCc2ccccc2)cc1)OCc1ccccc1. The maximum absolute atomic E-state index is 5.97. The molecule has 3 aromatic carbocycles. The first-order valence-electron chi connectivity index (χ1n) is 8.87. The molecule has 26 heavy (non-hydrogen) atoms. The normalized spacial score (nSPS) is 11.7. The van der Waals surface area contributed by atoms with E-state index in [1.165, 1.54) is 11.1 Å². The van der Waals surface area contributed by atoms with Crippen LogP contribution in [0.3, 0.4) is 0 Å². The van der Waals surface area contributed by atoms with Gasteiger partial charge >= 0.3 is 0 Å². The average Bonchev–Trinajstić information content (AvgIpc) is 2.72. The molecule has 0 bridgehead atoms. The molecule has 3 rings (SSSR count). The highest BCUT2D eigenvalue weighted by molar-refractivity contribution is 5.28. The molecule has 0 amide bonds. The van der Waals surface area contributed by atoms with Crippen molar-refractivity contribution in [1.82, 2.24) is 0 Å². The Hall–Kier alpha value is -2.84. The van der Waals surface area contributed by atoms with Crippen molar-refractivity contribution in [3.05, 3.63) is 114 Å². The van der Waals surface area contributed by atoms with E-state index in [2.05, 4.69) is 43.0 Å². The van der Waals surface area contributed by atoms with Gasteiger partial charge in [-0.15, -0.1) is 6.58 Å². The van der Waals surface area contributed by atoms with Gasteiger partial charge in [-0.2, -0.15) is 0 Å². The lowest BCUT2D eigenvalue weighted by atomic mass is 10.1. The smallest absolute Gasteiger partial charge is 0.119 e. The molecule has 0 aromatic heterocycles. The zero-order valence-corrected chi connectivity index (χ0v) is 14.9. The van der Waals surface area contributed by atoms with Gasteiger partial charge in [-0.05, 0) is 28.8 Å². The largest absolute Gasteiger partial charge is 0.489 e. The third kappa shape index (κ3) is 5.61. The number of ether oxygens (including phenoxy) is 2. The van der Waals surface area contributed by atoms with Crippen LogP contribution in [0.1, 0.15) is 16.7 Å². The lowest BCUT2D eigenvalue weighted by Gasteiger charge is -2.15. The van der Waals surface area contributed by atoms with Gasteiger partial charge in [0.15, 0.2) is 0 Å². The van der Waals surface area contributed by atoms with Gasteiger partial charge in [0.1, 0.15) is 12.4 Å². The Labute approximate surface area is 155 Å². The highest BCUT2D eigenvalue weighted by atomic mass is 16.5. The molecule has 0 unspecified atom stereocenters. The summed E-state index contributed by atoms with van der Waals surface area (Å²) in [5, 5.41) is 0. The minimum absolute atomic E-state index is 0.00806. The highest BCUT2D eigenvalue weighted by Crippen LogP contribution is 2.17. The van der Waals surface area contributed by atoms with Crippen LogP contribution in [-0.2, 0) is 24.4 Å². The summed E-state index contributed by atoms with van der Waals surface area (Å²) in [4.78, 5) is 0. The fourth-order valence-corrected chi connectivity index (χ4v) is 2.68. The van der Waals surface area contributed by atoms with Crippen LogP contribution in [0.15, 0.2) is 97.6 Å². The van der Waals surface area contributed by atoms with Crippen LogP contribution in [0.4, 0.5) is 0 Å². The number of rotatable bonds is 9. The zero-order chi connectivity index (χ0) is 18.0. The zero-order valence-electron chi connectivity index (χ0n) is 14.9. The molecule has 0 radical (unpaired) electrons. The van der Waals surface area contributed by atoms with Crippen LogP contribution in [-0.4, -0.2) is 6.10 Å². The monoisotopic (exact) mass is 344 g/mol. The lowest BCUT2D eigenvalue weighted by molar-refractivity contribution is 0.0725. The van der Waals surface area contributed by atoms with Crippen LogP contribution in [0.5, 0.6) is 5.75 Å². The molecule has 132 valence electrons. The molecule has 0 N–H and O–H groups in total. The third-order valence-corrected chi connectivity index (χ3v) is 4.18. The first kappa shape index (κ1) is 18.0. The minimum Gasteiger partial charge on any atom is -0.489 e. The van der Waals surface area contributed by atoms with Crippen LogP contribution in [0, 0.1) is 0 Å². The second-order valence-corrected chi connectivity index (χ2v) is 6.19. The third-order valence-electron chi connectivity index (χ3n) is 4.18. The van der Waals surface area contributed by atoms with Gasteiger partial charge in [0.05, 0.1) is 12.7 Å². The Balaban J connectivity index is 1.50. The number of hydrogen-bond donors (Lipinski definition) is 0. The van der Waals surface area contributed by atoms with Gasteiger partial charge in [-0.3, -0.25) is 0 Å². The van der Waals surface area contributed by atoms with Crippen molar-refractivity contribution in [3.8, 4) is 5.75 Å². The maximum Gasteiger partial charge on any atom is 0.119 e. The van der Waals surface area contributed by atoms with E-state index in [4.69, 9.17) is 9.47 Å². The predicted molar refractivity (Wildman–Crippen MR) is 106 cm³/mol. The summed E-state index contributed by atoms with van der Waals surface area (Å²) in [5.41, 5.74) is 3.54. The van der Waals surface area contributed by atoms with Gasteiger partial charge < -0.3 is 9.47 Å². The predicted octanol–water partition coefficient (Wildman–Crippen LogP) is 5.58. The molecule has 0 aliphatic carbocycles. The van der Waals surface area contributed by atoms with Crippen molar-refractivity contribution in [2.24, 2.45) is 0 Å². The lowest BCUT2D eigenvalue weighted by Crippen LogP contribution is -2.13. The molecular formula is C24H24O2. The van der Waals surface area contributed by atoms with Crippen LogP contribution < -0.4 is 4.74 Å². The van der Waals surface area contributed by atoms with Crippen molar-refractivity contribution >= 4 is 0 Å². The van der Waals surface area contributed by atoms with Gasteiger partial charge in [0, 0.05) is 6.42 Å². The van der Waals surface area contributed by atoms with Crippen molar-refractivity contribution in [2.45, 2.75) is 25.7 Å². The summed E-state index contributed by atoms with van der Waals surface area (Å²) in [6.45, 7) is 5.07. The number of hydrogen-bond acceptors (Lipinski definition) is 2.